The van der Waals surface area contributed by atoms with Crippen molar-refractivity contribution in [2.45, 2.75) is 65.0 Å². The van der Waals surface area contributed by atoms with Gasteiger partial charge >= 0.3 is 17.9 Å². The van der Waals surface area contributed by atoms with Crippen molar-refractivity contribution in [3.05, 3.63) is 46.8 Å². The van der Waals surface area contributed by atoms with Gasteiger partial charge in [-0.15, -0.1) is 0 Å². The maximum Gasteiger partial charge on any atom is 0.336 e. The van der Waals surface area contributed by atoms with Gasteiger partial charge in [0, 0.05) is 30.9 Å². The van der Waals surface area contributed by atoms with Crippen LogP contribution in [0.25, 0.3) is 5.69 Å². The number of rotatable bonds is 11. The molecule has 1 saturated heterocycles. The van der Waals surface area contributed by atoms with E-state index in [1.807, 2.05) is 0 Å². The van der Waals surface area contributed by atoms with Crippen LogP contribution in [0.5, 0.6) is 0 Å². The van der Waals surface area contributed by atoms with Gasteiger partial charge < -0.3 is 30.2 Å². The van der Waals surface area contributed by atoms with Gasteiger partial charge in [-0.1, -0.05) is 24.6 Å². The molecule has 0 amide bonds. The molecule has 0 spiro atoms. The first-order valence-electron chi connectivity index (χ1n) is 12.8. The Balaban J connectivity index is 0.000000332. The number of nitrogens with zero attached hydrogens (tertiary/aromatic N) is 4. The van der Waals surface area contributed by atoms with Gasteiger partial charge in [-0.05, 0) is 65.4 Å². The highest BCUT2D eigenvalue weighted by Crippen LogP contribution is 2.21. The lowest BCUT2D eigenvalue weighted by molar-refractivity contribution is -0.170. The van der Waals surface area contributed by atoms with Gasteiger partial charge in [0.1, 0.15) is 0 Å². The standard InChI is InChI=1S/C21H32N4.C6H8O7/c1-17-10-6-7-11-21(17)25-19(3)20(18(2)22-25)16-23(4)14-15-24-12-8-5-9-13-24;7-3(8)1-6(13,5(11)12)2-4(9)10/h6-7,10-11H,5,8-9,12-16H2,1-4H3;13H,1-2H2,(H,7,8)(H,9,10)(H,11,12). The third-order valence-corrected chi connectivity index (χ3v) is 6.74. The molecule has 0 aliphatic carbocycles. The van der Waals surface area contributed by atoms with E-state index in [1.54, 1.807) is 0 Å². The monoisotopic (exact) mass is 532 g/mol. The number of hydrogen-bond donors (Lipinski definition) is 4. The molecular formula is C27H40N4O7. The Hall–Kier alpha value is -3.28. The first kappa shape index (κ1) is 30.9. The van der Waals surface area contributed by atoms with Crippen molar-refractivity contribution in [1.29, 1.82) is 0 Å². The molecule has 0 unspecified atom stereocenters. The van der Waals surface area contributed by atoms with E-state index in [2.05, 4.69) is 66.6 Å². The van der Waals surface area contributed by atoms with E-state index in [0.29, 0.717) is 0 Å². The van der Waals surface area contributed by atoms with E-state index in [-0.39, 0.29) is 0 Å². The van der Waals surface area contributed by atoms with E-state index in [4.69, 9.17) is 25.5 Å². The molecule has 1 aliphatic rings. The average Bonchev–Trinajstić information content (AvgIpc) is 3.11. The van der Waals surface area contributed by atoms with Crippen LogP contribution in [-0.4, -0.2) is 96.7 Å². The Morgan fingerprint density at radius 2 is 1.55 bits per heavy atom. The molecule has 0 atom stereocenters. The van der Waals surface area contributed by atoms with Gasteiger partial charge in [0.15, 0.2) is 5.60 Å². The van der Waals surface area contributed by atoms with Crippen LogP contribution in [0.2, 0.25) is 0 Å². The molecule has 11 heteroatoms. The highest BCUT2D eigenvalue weighted by atomic mass is 16.4. The summed E-state index contributed by atoms with van der Waals surface area (Å²) in [4.78, 5) is 35.5. The molecule has 3 rings (SSSR count). The van der Waals surface area contributed by atoms with Gasteiger partial charge in [0.2, 0.25) is 0 Å². The van der Waals surface area contributed by atoms with Crippen LogP contribution in [0.3, 0.4) is 0 Å². The fraction of sp³-hybridized carbons (Fsp3) is 0.556. The Morgan fingerprint density at radius 1 is 0.974 bits per heavy atom. The maximum atomic E-state index is 10.3. The molecule has 0 saturated carbocycles. The van der Waals surface area contributed by atoms with E-state index in [0.717, 1.165) is 18.8 Å². The summed E-state index contributed by atoms with van der Waals surface area (Å²) < 4.78 is 2.11. The molecule has 210 valence electrons. The number of aliphatic carboxylic acids is 3. The molecule has 1 aliphatic heterocycles. The number of likely N-dealkylation sites (tertiary alicyclic amines) is 1. The molecule has 11 nitrogen and oxygen atoms in total. The fourth-order valence-electron chi connectivity index (χ4n) is 4.50. The zero-order valence-electron chi connectivity index (χ0n) is 22.7. The number of carboxylic acid groups (broad SMARTS) is 3. The first-order chi connectivity index (χ1) is 17.8. The van der Waals surface area contributed by atoms with Crippen LogP contribution in [0, 0.1) is 20.8 Å². The second-order valence-corrected chi connectivity index (χ2v) is 9.97. The zero-order chi connectivity index (χ0) is 28.5. The molecule has 38 heavy (non-hydrogen) atoms. The highest BCUT2D eigenvalue weighted by Gasteiger charge is 2.40. The summed E-state index contributed by atoms with van der Waals surface area (Å²) in [5, 5.41) is 38.6. The summed E-state index contributed by atoms with van der Waals surface area (Å²) in [6.45, 7) is 12.3. The Kier molecular flexibility index (Phi) is 11.4. The van der Waals surface area contributed by atoms with E-state index < -0.39 is 36.4 Å². The van der Waals surface area contributed by atoms with Gasteiger partial charge in [-0.2, -0.15) is 5.10 Å². The van der Waals surface area contributed by atoms with Gasteiger partial charge in [-0.25, -0.2) is 9.48 Å². The summed E-state index contributed by atoms with van der Waals surface area (Å²) in [6, 6.07) is 8.47. The van der Waals surface area contributed by atoms with Crippen molar-refractivity contribution in [3.8, 4) is 5.69 Å². The number of benzene rings is 1. The number of hydrogen-bond acceptors (Lipinski definition) is 7. The Bertz CT molecular complexity index is 1090. The minimum absolute atomic E-state index is 0.970. The lowest BCUT2D eigenvalue weighted by Crippen LogP contribution is -2.42. The molecule has 2 aromatic rings. The quantitative estimate of drug-likeness (QED) is 0.339. The summed E-state index contributed by atoms with van der Waals surface area (Å²) in [6.07, 6.45) is 1.85. The van der Waals surface area contributed by atoms with Crippen LogP contribution < -0.4 is 0 Å². The number of aliphatic hydroxyl groups is 1. The van der Waals surface area contributed by atoms with Crippen molar-refractivity contribution in [1.82, 2.24) is 19.6 Å². The Morgan fingerprint density at radius 3 is 2.08 bits per heavy atom. The van der Waals surface area contributed by atoms with Crippen LogP contribution in [0.4, 0.5) is 0 Å². The number of para-hydroxylation sites is 1. The van der Waals surface area contributed by atoms with Crippen LogP contribution >= 0.6 is 0 Å². The molecule has 1 fully saturated rings. The third kappa shape index (κ3) is 8.93. The summed E-state index contributed by atoms with van der Waals surface area (Å²) in [5.74, 6) is -5.02. The first-order valence-corrected chi connectivity index (χ1v) is 12.8. The predicted octanol–water partition coefficient (Wildman–Crippen LogP) is 2.47. The number of carboxylic acids is 3. The Labute approximate surface area is 223 Å². The largest absolute Gasteiger partial charge is 0.481 e. The van der Waals surface area contributed by atoms with E-state index in [1.165, 1.54) is 61.4 Å². The number of piperidine rings is 1. The third-order valence-electron chi connectivity index (χ3n) is 6.74. The zero-order valence-corrected chi connectivity index (χ0v) is 22.7. The van der Waals surface area contributed by atoms with Crippen LogP contribution in [-0.2, 0) is 20.9 Å². The molecule has 2 heterocycles. The van der Waals surface area contributed by atoms with Crippen molar-refractivity contribution >= 4 is 17.9 Å². The SMILES string of the molecule is Cc1ccccc1-n1nc(C)c(CN(C)CCN2CCCCC2)c1C.O=C(O)CC(O)(CC(=O)O)C(=O)O. The van der Waals surface area contributed by atoms with Crippen molar-refractivity contribution in [3.63, 3.8) is 0 Å². The minimum atomic E-state index is -2.74. The van der Waals surface area contributed by atoms with Crippen LogP contribution in [0.15, 0.2) is 24.3 Å². The maximum absolute atomic E-state index is 10.3. The second-order valence-electron chi connectivity index (χ2n) is 9.97. The molecule has 1 aromatic carbocycles. The van der Waals surface area contributed by atoms with Gasteiger partial charge in [-0.3, -0.25) is 9.59 Å². The van der Waals surface area contributed by atoms with Gasteiger partial charge in [0.25, 0.3) is 0 Å². The smallest absolute Gasteiger partial charge is 0.336 e. The van der Waals surface area contributed by atoms with Crippen molar-refractivity contribution in [2.75, 3.05) is 33.2 Å². The lowest BCUT2D eigenvalue weighted by atomic mass is 9.96. The molecule has 4 N–H and O–H groups in total. The summed E-state index contributed by atoms with van der Waals surface area (Å²) in [5.41, 5.74) is 3.48. The number of aromatic nitrogens is 2. The number of aryl methyl sites for hydroxylation is 2. The van der Waals surface area contributed by atoms with Crippen molar-refractivity contribution in [2.24, 2.45) is 0 Å². The summed E-state index contributed by atoms with van der Waals surface area (Å²) in [7, 11) is 2.23. The van der Waals surface area contributed by atoms with Gasteiger partial charge in [0.05, 0.1) is 24.2 Å². The second kappa shape index (κ2) is 14.0. The van der Waals surface area contributed by atoms with E-state index in [9.17, 15) is 14.4 Å². The predicted molar refractivity (Wildman–Crippen MR) is 141 cm³/mol. The average molecular weight is 533 g/mol. The molecule has 0 radical (unpaired) electrons. The lowest BCUT2D eigenvalue weighted by Gasteiger charge is -2.28. The molecular weight excluding hydrogens is 492 g/mol. The topological polar surface area (TPSA) is 156 Å². The fourth-order valence-corrected chi connectivity index (χ4v) is 4.50. The highest BCUT2D eigenvalue weighted by molar-refractivity contribution is 5.88. The molecule has 1 aromatic heterocycles. The normalized spacial score (nSPS) is 14.2. The van der Waals surface area contributed by atoms with Crippen LogP contribution in [0.1, 0.15) is 54.6 Å². The summed E-state index contributed by atoms with van der Waals surface area (Å²) >= 11 is 0. The van der Waals surface area contributed by atoms with E-state index >= 15 is 0 Å². The minimum Gasteiger partial charge on any atom is -0.481 e. The molecule has 0 bridgehead atoms. The van der Waals surface area contributed by atoms with Crippen molar-refractivity contribution < 1.29 is 34.8 Å². The number of carbonyl (C=O) groups is 3. The number of likely N-dealkylation sites (N-methyl/N-ethyl adjacent to an activating group) is 1.